The topological polar surface area (TPSA) is 21.5 Å². The van der Waals surface area contributed by atoms with Gasteiger partial charge in [-0.1, -0.05) is 5.06 Å². The monoisotopic (exact) mass is 117 g/mol. The molecule has 0 aromatic carbocycles. The van der Waals surface area contributed by atoms with Crippen LogP contribution in [0.5, 0.6) is 0 Å². The van der Waals surface area contributed by atoms with Crippen LogP contribution >= 0.6 is 12.2 Å². The number of ether oxygens (including phenoxy) is 1. The van der Waals surface area contributed by atoms with Crippen LogP contribution in [0.3, 0.4) is 0 Å². The molecule has 2 atom stereocenters. The molecule has 3 nitrogen and oxygen atoms in total. The summed E-state index contributed by atoms with van der Waals surface area (Å²) in [6.45, 7) is 0.875. The highest BCUT2D eigenvalue weighted by molar-refractivity contribution is 7.79. The van der Waals surface area contributed by atoms with E-state index in [4.69, 9.17) is 9.57 Å². The SMILES string of the molecule is S=C1OC2CN2O1. The lowest BCUT2D eigenvalue weighted by Gasteiger charge is -1.90. The van der Waals surface area contributed by atoms with E-state index in [0.29, 0.717) is 0 Å². The number of nitrogens with zero attached hydrogens (tertiary/aromatic N) is 1. The molecule has 38 valence electrons. The van der Waals surface area contributed by atoms with E-state index in [2.05, 4.69) is 12.2 Å². The third-order valence-corrected chi connectivity index (χ3v) is 1.12. The number of rotatable bonds is 0. The largest absolute Gasteiger partial charge is 0.432 e. The van der Waals surface area contributed by atoms with Crippen molar-refractivity contribution < 1.29 is 9.57 Å². The van der Waals surface area contributed by atoms with Gasteiger partial charge in [0, 0.05) is 12.2 Å². The Hall–Kier alpha value is -0.350. The van der Waals surface area contributed by atoms with Crippen LogP contribution in [0.25, 0.3) is 0 Å². The molecule has 7 heavy (non-hydrogen) atoms. The summed E-state index contributed by atoms with van der Waals surface area (Å²) >= 11 is 4.54. The van der Waals surface area contributed by atoms with Crippen molar-refractivity contribution in [1.29, 1.82) is 0 Å². The molecule has 0 N–H and O–H groups in total. The van der Waals surface area contributed by atoms with Crippen molar-refractivity contribution in [1.82, 2.24) is 5.06 Å². The molecule has 2 fully saturated rings. The fourth-order valence-electron chi connectivity index (χ4n) is 0.527. The predicted molar refractivity (Wildman–Crippen MR) is 25.3 cm³/mol. The van der Waals surface area contributed by atoms with E-state index < -0.39 is 0 Å². The number of fused-ring (bicyclic) bond motifs is 1. The minimum atomic E-state index is 0.160. The van der Waals surface area contributed by atoms with E-state index >= 15 is 0 Å². The highest BCUT2D eigenvalue weighted by Gasteiger charge is 2.47. The smallest absolute Gasteiger partial charge is 0.373 e. The Morgan fingerprint density at radius 2 is 2.71 bits per heavy atom. The summed E-state index contributed by atoms with van der Waals surface area (Å²) in [4.78, 5) is 4.78. The Morgan fingerprint density at radius 1 is 1.86 bits per heavy atom. The molecule has 2 rings (SSSR count). The molecule has 0 radical (unpaired) electrons. The van der Waals surface area contributed by atoms with Crippen LogP contribution in [0.1, 0.15) is 0 Å². The maximum absolute atomic E-state index is 4.87. The third-order valence-electron chi connectivity index (χ3n) is 0.948. The maximum Gasteiger partial charge on any atom is 0.373 e. The van der Waals surface area contributed by atoms with Crippen molar-refractivity contribution >= 4 is 17.5 Å². The summed E-state index contributed by atoms with van der Waals surface area (Å²) in [7, 11) is 0. The molecule has 2 unspecified atom stereocenters. The van der Waals surface area contributed by atoms with Crippen molar-refractivity contribution in [3.05, 3.63) is 0 Å². The molecule has 0 bridgehead atoms. The van der Waals surface area contributed by atoms with Crippen molar-refractivity contribution in [2.75, 3.05) is 6.54 Å². The molecule has 2 heterocycles. The van der Waals surface area contributed by atoms with E-state index in [-0.39, 0.29) is 11.5 Å². The van der Waals surface area contributed by atoms with Gasteiger partial charge < -0.3 is 9.57 Å². The fraction of sp³-hybridized carbons (Fsp3) is 0.667. The van der Waals surface area contributed by atoms with Gasteiger partial charge in [-0.05, 0) is 0 Å². The molecule has 0 aliphatic carbocycles. The van der Waals surface area contributed by atoms with Gasteiger partial charge in [0.1, 0.15) is 0 Å². The number of thiocarbonyl (C=S) groups is 1. The second-order valence-electron chi connectivity index (χ2n) is 1.51. The summed E-state index contributed by atoms with van der Waals surface area (Å²) < 4.78 is 4.87. The zero-order valence-electron chi connectivity index (χ0n) is 3.46. The van der Waals surface area contributed by atoms with Crippen LogP contribution in [-0.2, 0) is 9.57 Å². The first-order chi connectivity index (χ1) is 3.36. The lowest BCUT2D eigenvalue weighted by atomic mass is 10.9. The third kappa shape index (κ3) is 0.404. The average Bonchev–Trinajstić information content (AvgIpc) is 2.15. The fourth-order valence-corrected chi connectivity index (χ4v) is 0.734. The molecule has 2 saturated heterocycles. The summed E-state index contributed by atoms with van der Waals surface area (Å²) in [5, 5.41) is 1.94. The van der Waals surface area contributed by atoms with E-state index in [1.54, 1.807) is 5.06 Å². The van der Waals surface area contributed by atoms with Gasteiger partial charge in [0.15, 0.2) is 0 Å². The van der Waals surface area contributed by atoms with E-state index in [1.807, 2.05) is 0 Å². The molecule has 2 aliphatic heterocycles. The first-order valence-electron chi connectivity index (χ1n) is 2.01. The Kier molecular flexibility index (Phi) is 0.466. The van der Waals surface area contributed by atoms with Crippen LogP contribution in [-0.4, -0.2) is 23.1 Å². The Labute approximate surface area is 45.8 Å². The van der Waals surface area contributed by atoms with Gasteiger partial charge >= 0.3 is 5.24 Å². The highest BCUT2D eigenvalue weighted by atomic mass is 32.1. The Balaban J connectivity index is 2.14. The van der Waals surface area contributed by atoms with Crippen molar-refractivity contribution in [3.63, 3.8) is 0 Å². The normalized spacial score (nSPS) is 44.3. The molecule has 0 spiro atoms. The van der Waals surface area contributed by atoms with Crippen LogP contribution in [0.15, 0.2) is 0 Å². The molecule has 0 aromatic heterocycles. The van der Waals surface area contributed by atoms with Crippen LogP contribution in [0.2, 0.25) is 0 Å². The minimum Gasteiger partial charge on any atom is -0.432 e. The van der Waals surface area contributed by atoms with Crippen LogP contribution < -0.4 is 0 Å². The predicted octanol–water partition coefficient (Wildman–Crippen LogP) is -0.125. The van der Waals surface area contributed by atoms with E-state index in [1.165, 1.54) is 0 Å². The first kappa shape index (κ1) is 3.63. The van der Waals surface area contributed by atoms with Gasteiger partial charge in [0.05, 0.1) is 6.54 Å². The molecule has 0 aromatic rings. The van der Waals surface area contributed by atoms with Crippen molar-refractivity contribution in [3.8, 4) is 0 Å². The maximum atomic E-state index is 4.87. The second-order valence-corrected chi connectivity index (χ2v) is 1.85. The molecular weight excluding hydrogens is 114 g/mol. The molecule has 2 aliphatic rings. The lowest BCUT2D eigenvalue weighted by molar-refractivity contribution is 0.0661. The van der Waals surface area contributed by atoms with Crippen LogP contribution in [0.4, 0.5) is 0 Å². The van der Waals surface area contributed by atoms with Crippen molar-refractivity contribution in [2.45, 2.75) is 6.23 Å². The zero-order chi connectivity index (χ0) is 4.85. The van der Waals surface area contributed by atoms with E-state index in [0.717, 1.165) is 6.54 Å². The molecule has 4 heteroatoms. The van der Waals surface area contributed by atoms with Gasteiger partial charge in [-0.15, -0.1) is 0 Å². The molecular formula is C3H3NO2S. The van der Waals surface area contributed by atoms with E-state index in [9.17, 15) is 0 Å². The first-order valence-corrected chi connectivity index (χ1v) is 2.42. The molecule has 0 saturated carbocycles. The zero-order valence-corrected chi connectivity index (χ0v) is 4.27. The van der Waals surface area contributed by atoms with Gasteiger partial charge in [-0.2, -0.15) is 0 Å². The minimum absolute atomic E-state index is 0.160. The standard InChI is InChI=1S/C3H3NO2S/c7-3-5-2-1-4(2)6-3/h2H,1H2. The molecule has 0 amide bonds. The van der Waals surface area contributed by atoms with Gasteiger partial charge in [-0.25, -0.2) is 0 Å². The van der Waals surface area contributed by atoms with Gasteiger partial charge in [-0.3, -0.25) is 0 Å². The summed E-state index contributed by atoms with van der Waals surface area (Å²) in [5.74, 6) is 0. The number of hydroxylamine groups is 2. The Morgan fingerprint density at radius 3 is 3.00 bits per heavy atom. The van der Waals surface area contributed by atoms with Crippen molar-refractivity contribution in [2.24, 2.45) is 0 Å². The second kappa shape index (κ2) is 0.900. The summed E-state index contributed by atoms with van der Waals surface area (Å²) in [6, 6.07) is 0. The van der Waals surface area contributed by atoms with Crippen LogP contribution in [0, 0.1) is 0 Å². The summed E-state index contributed by atoms with van der Waals surface area (Å²) in [6.07, 6.45) is 0.160. The lowest BCUT2D eigenvalue weighted by Crippen LogP contribution is -2.00. The van der Waals surface area contributed by atoms with Gasteiger partial charge in [0.25, 0.3) is 0 Å². The average molecular weight is 117 g/mol. The van der Waals surface area contributed by atoms with Gasteiger partial charge in [0.2, 0.25) is 6.23 Å². The quantitative estimate of drug-likeness (QED) is 0.325. The number of hydrogen-bond donors (Lipinski definition) is 0. The highest BCUT2D eigenvalue weighted by Crippen LogP contribution is 2.26. The number of hydrogen-bond acceptors (Lipinski definition) is 4. The Bertz CT molecular complexity index is 114. The summed E-state index contributed by atoms with van der Waals surface area (Å²) in [5.41, 5.74) is 0.